The molecule has 0 aliphatic carbocycles. The molecule has 0 saturated carbocycles. The first-order valence-electron chi connectivity index (χ1n) is 5.85. The van der Waals surface area contributed by atoms with Crippen LogP contribution in [-0.4, -0.2) is 31.4 Å². The fourth-order valence-electron chi connectivity index (χ4n) is 2.16. The molecule has 2 N–H and O–H groups in total. The van der Waals surface area contributed by atoms with E-state index in [1.54, 1.807) is 13.0 Å². The van der Waals surface area contributed by atoms with Crippen molar-refractivity contribution in [3.63, 3.8) is 0 Å². The first kappa shape index (κ1) is 13.9. The van der Waals surface area contributed by atoms with E-state index in [9.17, 15) is 12.8 Å². The van der Waals surface area contributed by atoms with Gasteiger partial charge in [0, 0.05) is 18.6 Å². The average molecular weight is 283 g/mol. The molecular weight excluding hydrogens is 269 g/mol. The van der Waals surface area contributed by atoms with Crippen LogP contribution in [0.1, 0.15) is 18.9 Å². The molecule has 2 unspecified atom stereocenters. The summed E-state index contributed by atoms with van der Waals surface area (Å²) in [6, 6.07) is 4.35. The van der Waals surface area contributed by atoms with Gasteiger partial charge in [-0.25, -0.2) is 12.8 Å². The molecule has 102 valence electrons. The second-order valence-corrected chi connectivity index (χ2v) is 6.45. The number of nitrogens with zero attached hydrogens (tertiary/aromatic N) is 2. The minimum atomic E-state index is -3.73. The van der Waals surface area contributed by atoms with Gasteiger partial charge in [-0.2, -0.15) is 9.57 Å². The van der Waals surface area contributed by atoms with Crippen LogP contribution in [0.15, 0.2) is 23.1 Å². The number of rotatable bonds is 2. The van der Waals surface area contributed by atoms with Crippen LogP contribution in [0, 0.1) is 17.1 Å². The van der Waals surface area contributed by atoms with E-state index in [0.717, 1.165) is 12.1 Å². The predicted octanol–water partition coefficient (Wildman–Crippen LogP) is 0.808. The van der Waals surface area contributed by atoms with Crippen LogP contribution < -0.4 is 5.73 Å². The van der Waals surface area contributed by atoms with E-state index in [-0.39, 0.29) is 22.5 Å². The monoisotopic (exact) mass is 283 g/mol. The van der Waals surface area contributed by atoms with E-state index in [1.165, 1.54) is 10.4 Å². The Morgan fingerprint density at radius 3 is 2.74 bits per heavy atom. The molecule has 1 fully saturated rings. The van der Waals surface area contributed by atoms with Crippen LogP contribution in [0.4, 0.5) is 4.39 Å². The van der Waals surface area contributed by atoms with E-state index < -0.39 is 15.8 Å². The van der Waals surface area contributed by atoms with Crippen molar-refractivity contribution in [2.75, 3.05) is 6.54 Å². The Labute approximate surface area is 111 Å². The molecule has 1 saturated heterocycles. The molecule has 5 nitrogen and oxygen atoms in total. The summed E-state index contributed by atoms with van der Waals surface area (Å²) in [7, 11) is -3.73. The van der Waals surface area contributed by atoms with Crippen molar-refractivity contribution in [2.24, 2.45) is 5.73 Å². The van der Waals surface area contributed by atoms with Gasteiger partial charge in [0.2, 0.25) is 10.0 Å². The standard InChI is InChI=1S/C12H14FN3O2S/c1-8-12(15)4-5-16(8)19(17,18)10-2-3-11(13)9(6-10)7-14/h2-3,6,8,12H,4-5,15H2,1H3. The van der Waals surface area contributed by atoms with E-state index in [2.05, 4.69) is 0 Å². The smallest absolute Gasteiger partial charge is 0.243 e. The highest BCUT2D eigenvalue weighted by Crippen LogP contribution is 2.26. The molecule has 2 atom stereocenters. The zero-order chi connectivity index (χ0) is 14.2. The summed E-state index contributed by atoms with van der Waals surface area (Å²) in [5, 5.41) is 8.75. The molecule has 0 amide bonds. The predicted molar refractivity (Wildman–Crippen MR) is 67.1 cm³/mol. The minimum Gasteiger partial charge on any atom is -0.326 e. The fourth-order valence-corrected chi connectivity index (χ4v) is 3.88. The van der Waals surface area contributed by atoms with Gasteiger partial charge in [-0.3, -0.25) is 0 Å². The van der Waals surface area contributed by atoms with Gasteiger partial charge in [0.25, 0.3) is 0 Å². The third kappa shape index (κ3) is 2.34. The highest BCUT2D eigenvalue weighted by Gasteiger charge is 2.37. The van der Waals surface area contributed by atoms with Gasteiger partial charge >= 0.3 is 0 Å². The SMILES string of the molecule is CC1C(N)CCN1S(=O)(=O)c1ccc(F)c(C#N)c1. The Bertz CT molecular complexity index is 639. The molecular formula is C12H14FN3O2S. The lowest BCUT2D eigenvalue weighted by molar-refractivity contribution is 0.393. The maximum absolute atomic E-state index is 13.2. The lowest BCUT2D eigenvalue weighted by atomic mass is 10.2. The van der Waals surface area contributed by atoms with Crippen LogP contribution >= 0.6 is 0 Å². The van der Waals surface area contributed by atoms with E-state index in [4.69, 9.17) is 11.0 Å². The topological polar surface area (TPSA) is 87.2 Å². The second-order valence-electron chi connectivity index (χ2n) is 4.56. The van der Waals surface area contributed by atoms with Crippen molar-refractivity contribution in [1.29, 1.82) is 5.26 Å². The number of hydrogen-bond acceptors (Lipinski definition) is 4. The Kier molecular flexibility index (Phi) is 3.58. The zero-order valence-electron chi connectivity index (χ0n) is 10.4. The van der Waals surface area contributed by atoms with Gasteiger partial charge in [-0.15, -0.1) is 0 Å². The lowest BCUT2D eigenvalue weighted by Crippen LogP contribution is -2.40. The summed E-state index contributed by atoms with van der Waals surface area (Å²) in [6.07, 6.45) is 0.590. The molecule has 0 spiro atoms. The lowest BCUT2D eigenvalue weighted by Gasteiger charge is -2.22. The van der Waals surface area contributed by atoms with E-state index in [0.29, 0.717) is 13.0 Å². The fraction of sp³-hybridized carbons (Fsp3) is 0.417. The number of benzene rings is 1. The maximum Gasteiger partial charge on any atom is 0.243 e. The third-order valence-electron chi connectivity index (χ3n) is 3.42. The van der Waals surface area contributed by atoms with Crippen molar-refractivity contribution in [3.05, 3.63) is 29.6 Å². The summed E-state index contributed by atoms with van der Waals surface area (Å²) < 4.78 is 39.3. The first-order valence-corrected chi connectivity index (χ1v) is 7.29. The van der Waals surface area contributed by atoms with E-state index in [1.807, 2.05) is 0 Å². The van der Waals surface area contributed by atoms with Crippen molar-refractivity contribution in [1.82, 2.24) is 4.31 Å². The molecule has 7 heteroatoms. The molecule has 0 aromatic heterocycles. The van der Waals surface area contributed by atoms with Crippen LogP contribution in [-0.2, 0) is 10.0 Å². The minimum absolute atomic E-state index is 0.0774. The summed E-state index contributed by atoms with van der Waals surface area (Å²) >= 11 is 0. The van der Waals surface area contributed by atoms with Crippen molar-refractivity contribution in [3.8, 4) is 6.07 Å². The number of nitrogens with two attached hydrogens (primary N) is 1. The van der Waals surface area contributed by atoms with Gasteiger partial charge in [0.1, 0.15) is 11.9 Å². The van der Waals surface area contributed by atoms with Crippen LogP contribution in [0.3, 0.4) is 0 Å². The van der Waals surface area contributed by atoms with Crippen LogP contribution in [0.25, 0.3) is 0 Å². The Morgan fingerprint density at radius 2 is 2.21 bits per heavy atom. The highest BCUT2D eigenvalue weighted by molar-refractivity contribution is 7.89. The van der Waals surface area contributed by atoms with Gasteiger partial charge in [-0.05, 0) is 31.5 Å². The zero-order valence-corrected chi connectivity index (χ0v) is 11.2. The second kappa shape index (κ2) is 4.89. The quantitative estimate of drug-likeness (QED) is 0.870. The number of hydrogen-bond donors (Lipinski definition) is 1. The summed E-state index contributed by atoms with van der Waals surface area (Å²) in [5.74, 6) is -0.729. The summed E-state index contributed by atoms with van der Waals surface area (Å²) in [6.45, 7) is 2.08. The van der Waals surface area contributed by atoms with Crippen molar-refractivity contribution >= 4 is 10.0 Å². The largest absolute Gasteiger partial charge is 0.326 e. The highest BCUT2D eigenvalue weighted by atomic mass is 32.2. The number of nitriles is 1. The molecule has 1 aliphatic heterocycles. The molecule has 1 aromatic rings. The van der Waals surface area contributed by atoms with Crippen molar-refractivity contribution < 1.29 is 12.8 Å². The molecule has 2 rings (SSSR count). The molecule has 0 radical (unpaired) electrons. The number of sulfonamides is 1. The Hall–Kier alpha value is -1.49. The van der Waals surface area contributed by atoms with Gasteiger partial charge in [-0.1, -0.05) is 0 Å². The maximum atomic E-state index is 13.2. The van der Waals surface area contributed by atoms with Gasteiger partial charge in [0.05, 0.1) is 10.5 Å². The molecule has 0 bridgehead atoms. The first-order chi connectivity index (χ1) is 8.87. The van der Waals surface area contributed by atoms with Crippen molar-refractivity contribution in [2.45, 2.75) is 30.3 Å². The summed E-state index contributed by atoms with van der Waals surface area (Å²) in [4.78, 5) is -0.0774. The normalized spacial score (nSPS) is 24.3. The third-order valence-corrected chi connectivity index (χ3v) is 5.40. The number of halogens is 1. The van der Waals surface area contributed by atoms with E-state index >= 15 is 0 Å². The Balaban J connectivity index is 2.44. The van der Waals surface area contributed by atoms with Crippen LogP contribution in [0.2, 0.25) is 0 Å². The van der Waals surface area contributed by atoms with Gasteiger partial charge < -0.3 is 5.73 Å². The molecule has 1 aliphatic rings. The average Bonchev–Trinajstić information content (AvgIpc) is 2.71. The summed E-state index contributed by atoms with van der Waals surface area (Å²) in [5.41, 5.74) is 5.52. The van der Waals surface area contributed by atoms with Gasteiger partial charge in [0.15, 0.2) is 0 Å². The Morgan fingerprint density at radius 1 is 1.53 bits per heavy atom. The van der Waals surface area contributed by atoms with Crippen LogP contribution in [0.5, 0.6) is 0 Å². The molecule has 1 aromatic carbocycles. The molecule has 1 heterocycles. The molecule has 19 heavy (non-hydrogen) atoms.